The van der Waals surface area contributed by atoms with Crippen LogP contribution in [-0.2, 0) is 6.42 Å². The van der Waals surface area contributed by atoms with Crippen molar-refractivity contribution in [3.8, 4) is 11.5 Å². The Bertz CT molecular complexity index is 600. The van der Waals surface area contributed by atoms with Gasteiger partial charge in [0.05, 0.1) is 5.69 Å². The minimum absolute atomic E-state index is 0.266. The highest BCUT2D eigenvalue weighted by Gasteiger charge is 2.25. The molecule has 0 radical (unpaired) electrons. The van der Waals surface area contributed by atoms with Gasteiger partial charge in [0, 0.05) is 29.2 Å². The predicted molar refractivity (Wildman–Crippen MR) is 76.1 cm³/mol. The van der Waals surface area contributed by atoms with Gasteiger partial charge in [-0.25, -0.2) is 0 Å². The molecule has 0 bridgehead atoms. The molecule has 2 heterocycles. The van der Waals surface area contributed by atoms with E-state index in [2.05, 4.69) is 10.3 Å². The summed E-state index contributed by atoms with van der Waals surface area (Å²) in [4.78, 5) is 4.48. The minimum Gasteiger partial charge on any atom is -0.455 e. The van der Waals surface area contributed by atoms with Crippen LogP contribution < -0.4 is 10.1 Å². The first kappa shape index (κ1) is 12.5. The second kappa shape index (κ2) is 5.19. The van der Waals surface area contributed by atoms with Gasteiger partial charge in [0.2, 0.25) is 0 Å². The normalized spacial score (nSPS) is 17.1. The molecule has 1 aliphatic rings. The summed E-state index contributed by atoms with van der Waals surface area (Å²) in [5, 5.41) is 3.97. The summed E-state index contributed by atoms with van der Waals surface area (Å²) in [6.45, 7) is 0.845. The molecule has 2 aromatic rings. The molecule has 0 saturated carbocycles. The lowest BCUT2D eigenvalue weighted by atomic mass is 9.95. The Morgan fingerprint density at radius 2 is 2.16 bits per heavy atom. The van der Waals surface area contributed by atoms with Gasteiger partial charge in [-0.15, -0.1) is 0 Å². The van der Waals surface area contributed by atoms with E-state index in [4.69, 9.17) is 16.3 Å². The fraction of sp³-hybridized carbons (Fsp3) is 0.267. The zero-order chi connectivity index (χ0) is 13.2. The summed E-state index contributed by atoms with van der Waals surface area (Å²) in [6, 6.07) is 9.63. The van der Waals surface area contributed by atoms with E-state index >= 15 is 0 Å². The molecule has 1 unspecified atom stereocenters. The second-order valence-electron chi connectivity index (χ2n) is 4.66. The van der Waals surface area contributed by atoms with Gasteiger partial charge in [-0.2, -0.15) is 0 Å². The summed E-state index contributed by atoms with van der Waals surface area (Å²) in [5.74, 6) is 1.92. The first-order chi connectivity index (χ1) is 9.29. The first-order valence-corrected chi connectivity index (χ1v) is 6.72. The second-order valence-corrected chi connectivity index (χ2v) is 5.07. The van der Waals surface area contributed by atoms with Crippen LogP contribution >= 0.6 is 11.6 Å². The molecule has 1 N–H and O–H groups in total. The van der Waals surface area contributed by atoms with Crippen LogP contribution in [0, 0.1) is 0 Å². The van der Waals surface area contributed by atoms with E-state index in [0.29, 0.717) is 0 Å². The Morgan fingerprint density at radius 1 is 1.32 bits per heavy atom. The number of halogens is 1. The molecule has 1 atom stereocenters. The summed E-state index contributed by atoms with van der Waals surface area (Å²) < 4.78 is 5.99. The van der Waals surface area contributed by atoms with Crippen molar-refractivity contribution in [2.24, 2.45) is 0 Å². The molecule has 1 aromatic heterocycles. The average molecular weight is 275 g/mol. The van der Waals surface area contributed by atoms with Crippen LogP contribution in [-0.4, -0.2) is 18.6 Å². The zero-order valence-electron chi connectivity index (χ0n) is 10.7. The van der Waals surface area contributed by atoms with E-state index in [1.807, 2.05) is 43.6 Å². The number of rotatable bonds is 2. The highest BCUT2D eigenvalue weighted by atomic mass is 35.5. The lowest BCUT2D eigenvalue weighted by Crippen LogP contribution is -2.19. The molecule has 19 heavy (non-hydrogen) atoms. The van der Waals surface area contributed by atoms with Crippen molar-refractivity contribution in [1.82, 2.24) is 10.3 Å². The first-order valence-electron chi connectivity index (χ1n) is 6.34. The molecular weight excluding hydrogens is 260 g/mol. The van der Waals surface area contributed by atoms with Crippen molar-refractivity contribution in [3.05, 3.63) is 52.8 Å². The van der Waals surface area contributed by atoms with Gasteiger partial charge >= 0.3 is 0 Å². The number of nitrogens with zero attached hydrogens (tertiary/aromatic N) is 1. The Labute approximate surface area is 117 Å². The van der Waals surface area contributed by atoms with Crippen LogP contribution in [0.3, 0.4) is 0 Å². The molecule has 1 aromatic carbocycles. The topological polar surface area (TPSA) is 34.1 Å². The van der Waals surface area contributed by atoms with Crippen LogP contribution in [0.4, 0.5) is 0 Å². The third kappa shape index (κ3) is 2.31. The Hall–Kier alpha value is -1.58. The number of benzene rings is 1. The predicted octanol–water partition coefficient (Wildman–Crippen LogP) is 3.39. The Kier molecular flexibility index (Phi) is 3.40. The van der Waals surface area contributed by atoms with Crippen LogP contribution in [0.2, 0.25) is 5.02 Å². The highest BCUT2D eigenvalue weighted by molar-refractivity contribution is 6.31. The monoisotopic (exact) mass is 274 g/mol. The number of aromatic nitrogens is 1. The van der Waals surface area contributed by atoms with Gasteiger partial charge in [0.15, 0.2) is 0 Å². The van der Waals surface area contributed by atoms with Gasteiger partial charge in [-0.05, 0) is 37.7 Å². The maximum atomic E-state index is 6.30. The molecule has 0 amide bonds. The van der Waals surface area contributed by atoms with Crippen LogP contribution in [0.5, 0.6) is 11.5 Å². The van der Waals surface area contributed by atoms with E-state index in [1.54, 1.807) is 0 Å². The zero-order valence-corrected chi connectivity index (χ0v) is 11.4. The Balaban J connectivity index is 2.12. The van der Waals surface area contributed by atoms with Crippen molar-refractivity contribution < 1.29 is 4.74 Å². The van der Waals surface area contributed by atoms with E-state index in [1.165, 1.54) is 0 Å². The van der Waals surface area contributed by atoms with Crippen molar-refractivity contribution in [3.63, 3.8) is 0 Å². The van der Waals surface area contributed by atoms with Crippen LogP contribution in [0.1, 0.15) is 17.2 Å². The third-order valence-electron chi connectivity index (χ3n) is 3.38. The molecule has 0 saturated heterocycles. The third-order valence-corrected chi connectivity index (χ3v) is 3.74. The Morgan fingerprint density at radius 3 is 3.00 bits per heavy atom. The average Bonchev–Trinajstić information content (AvgIpc) is 2.57. The molecule has 0 spiro atoms. The molecule has 4 heteroatoms. The van der Waals surface area contributed by atoms with Crippen LogP contribution in [0.25, 0.3) is 0 Å². The van der Waals surface area contributed by atoms with Gasteiger partial charge in [0.25, 0.3) is 0 Å². The molecule has 1 aliphatic heterocycles. The number of pyridine rings is 1. The van der Waals surface area contributed by atoms with Gasteiger partial charge in [-0.3, -0.25) is 4.98 Å². The van der Waals surface area contributed by atoms with Crippen molar-refractivity contribution in [1.29, 1.82) is 0 Å². The van der Waals surface area contributed by atoms with Gasteiger partial charge < -0.3 is 10.1 Å². The van der Waals surface area contributed by atoms with Crippen molar-refractivity contribution in [2.45, 2.75) is 12.3 Å². The van der Waals surface area contributed by atoms with Gasteiger partial charge in [0.1, 0.15) is 11.5 Å². The molecule has 0 fully saturated rings. The number of hydrogen-bond donors (Lipinski definition) is 1. The standard InChI is InChI=1S/C15H15ClN2O/c1-17-9-10-8-11-12(16)4-2-5-13(11)19-14-6-3-7-18-15(10)14/h2-7,10,17H,8-9H2,1H3. The summed E-state index contributed by atoms with van der Waals surface area (Å²) in [7, 11) is 1.95. The quantitative estimate of drug-likeness (QED) is 0.911. The molecular formula is C15H15ClN2O. The smallest absolute Gasteiger partial charge is 0.149 e. The molecule has 0 aliphatic carbocycles. The lowest BCUT2D eigenvalue weighted by Gasteiger charge is -2.14. The highest BCUT2D eigenvalue weighted by Crippen LogP contribution is 2.40. The number of ether oxygens (including phenoxy) is 1. The fourth-order valence-corrected chi connectivity index (χ4v) is 2.75. The van der Waals surface area contributed by atoms with E-state index in [0.717, 1.165) is 40.7 Å². The number of fused-ring (bicyclic) bond motifs is 2. The summed E-state index contributed by atoms with van der Waals surface area (Å²) in [6.07, 6.45) is 2.64. The van der Waals surface area contributed by atoms with Crippen molar-refractivity contribution in [2.75, 3.05) is 13.6 Å². The van der Waals surface area contributed by atoms with E-state index in [-0.39, 0.29) is 5.92 Å². The van der Waals surface area contributed by atoms with Crippen molar-refractivity contribution >= 4 is 11.6 Å². The molecule has 3 rings (SSSR count). The van der Waals surface area contributed by atoms with E-state index < -0.39 is 0 Å². The lowest BCUT2D eigenvalue weighted by molar-refractivity contribution is 0.474. The fourth-order valence-electron chi connectivity index (χ4n) is 2.51. The number of hydrogen-bond acceptors (Lipinski definition) is 3. The minimum atomic E-state index is 0.266. The number of nitrogens with one attached hydrogen (secondary N) is 1. The SMILES string of the molecule is CNCC1Cc2c(Cl)cccc2Oc2cccnc21. The molecule has 98 valence electrons. The maximum absolute atomic E-state index is 6.30. The van der Waals surface area contributed by atoms with E-state index in [9.17, 15) is 0 Å². The summed E-state index contributed by atoms with van der Waals surface area (Å²) in [5.41, 5.74) is 2.05. The van der Waals surface area contributed by atoms with Crippen LogP contribution in [0.15, 0.2) is 36.5 Å². The largest absolute Gasteiger partial charge is 0.455 e. The van der Waals surface area contributed by atoms with Gasteiger partial charge in [-0.1, -0.05) is 17.7 Å². The summed E-state index contributed by atoms with van der Waals surface area (Å²) >= 11 is 6.30. The maximum Gasteiger partial charge on any atom is 0.149 e. The molecule has 3 nitrogen and oxygen atoms in total. The number of likely N-dealkylation sites (N-methyl/N-ethyl adjacent to an activating group) is 1.